The number of halogens is 6. The Morgan fingerprint density at radius 2 is 0.632 bits per heavy atom. The number of nitrogens with one attached hydrogen (secondary N) is 4. The summed E-state index contributed by atoms with van der Waals surface area (Å²) in [6.45, 7) is 27.4. The monoisotopic (exact) mass is 1280 g/mol. The van der Waals surface area contributed by atoms with E-state index in [-0.39, 0.29) is 52.0 Å². The smallest absolute Gasteiger partial charge is 0.355 e. The van der Waals surface area contributed by atoms with Gasteiger partial charge in [-0.15, -0.1) is 0 Å². The average Bonchev–Trinajstić information content (AvgIpc) is 0.701. The van der Waals surface area contributed by atoms with Crippen molar-refractivity contribution in [3.63, 3.8) is 0 Å². The Balaban J connectivity index is 0.000000187. The van der Waals surface area contributed by atoms with Gasteiger partial charge in [-0.3, -0.25) is 19.2 Å². The molecule has 4 bridgehead atoms. The number of hydrogen-bond acceptors (Lipinski definition) is 4. The van der Waals surface area contributed by atoms with Gasteiger partial charge in [0.1, 0.15) is 0 Å². The molecule has 0 heterocycles. The van der Waals surface area contributed by atoms with Crippen LogP contribution in [0.25, 0.3) is 0 Å². The summed E-state index contributed by atoms with van der Waals surface area (Å²) >= 11 is 0. The van der Waals surface area contributed by atoms with Crippen LogP contribution in [0.1, 0.15) is 225 Å². The fourth-order valence-corrected chi connectivity index (χ4v) is 15.9. The zero-order valence-corrected chi connectivity index (χ0v) is 56.0. The molecule has 14 heteroatoms. The Labute approximate surface area is 551 Å². The van der Waals surface area contributed by atoms with E-state index in [2.05, 4.69) is 158 Å². The zero-order chi connectivity index (χ0) is 68.6. The third-order valence-corrected chi connectivity index (χ3v) is 21.1. The van der Waals surface area contributed by atoms with E-state index in [1.165, 1.54) is 96.1 Å². The molecule has 4 amide bonds. The lowest BCUT2D eigenvalue weighted by Gasteiger charge is -2.45. The Morgan fingerprint density at radius 1 is 0.326 bits per heavy atom. The third kappa shape index (κ3) is 10.3. The van der Waals surface area contributed by atoms with Gasteiger partial charge in [0, 0.05) is 71.4 Å². The Morgan fingerprint density at radius 3 is 0.979 bits per heavy atom. The van der Waals surface area contributed by atoms with Gasteiger partial charge in [0.15, 0.2) is 0 Å². The predicted octanol–water partition coefficient (Wildman–Crippen LogP) is 18.4. The molecule has 4 N–H and O–H groups in total. The molecule has 8 nitrogen and oxygen atoms in total. The Bertz CT molecular complexity index is 4730. The highest BCUT2D eigenvalue weighted by atomic mass is 19.4. The van der Waals surface area contributed by atoms with Crippen molar-refractivity contribution < 1.29 is 45.5 Å². The average molecular weight is 1280 g/mol. The van der Waals surface area contributed by atoms with Gasteiger partial charge in [0.2, 0.25) is 5.41 Å². The first-order chi connectivity index (χ1) is 44.8. The molecule has 0 fully saturated rings. The van der Waals surface area contributed by atoms with E-state index < -0.39 is 40.7 Å². The first-order valence-electron chi connectivity index (χ1n) is 32.0. The summed E-state index contributed by atoms with van der Waals surface area (Å²) in [5.74, 6) is -1.54. The van der Waals surface area contributed by atoms with Crippen LogP contribution in [0.3, 0.4) is 0 Å². The number of carbonyl (C=O) groups is 4. The predicted molar refractivity (Wildman–Crippen MR) is 363 cm³/mol. The van der Waals surface area contributed by atoms with Gasteiger partial charge >= 0.3 is 12.4 Å². The second kappa shape index (κ2) is 23.4. The summed E-state index contributed by atoms with van der Waals surface area (Å²) in [5.41, 5.74) is 23.2. The lowest BCUT2D eigenvalue weighted by atomic mass is 9.58. The summed E-state index contributed by atoms with van der Waals surface area (Å²) < 4.78 is 88.7. The van der Waals surface area contributed by atoms with Crippen LogP contribution < -0.4 is 21.3 Å². The van der Waals surface area contributed by atoms with E-state index in [1.54, 1.807) is 13.1 Å². The number of amides is 4. The van der Waals surface area contributed by atoms with Gasteiger partial charge in [-0.05, 0) is 256 Å². The molecule has 4 atom stereocenters. The summed E-state index contributed by atoms with van der Waals surface area (Å²) in [5, 5.41) is 11.2. The van der Waals surface area contributed by atoms with E-state index >= 15 is 0 Å². The van der Waals surface area contributed by atoms with Crippen LogP contribution in [0.2, 0.25) is 0 Å². The Hall–Kier alpha value is -9.56. The molecule has 0 radical (unpaired) electrons. The first-order valence-corrected chi connectivity index (χ1v) is 32.0. The van der Waals surface area contributed by atoms with Crippen molar-refractivity contribution in [3.8, 4) is 0 Å². The fourth-order valence-electron chi connectivity index (χ4n) is 15.9. The van der Waals surface area contributed by atoms with Crippen molar-refractivity contribution in [1.29, 1.82) is 0 Å². The minimum atomic E-state index is -5.83. The molecule has 9 aromatic rings. The lowest BCUT2D eigenvalue weighted by Crippen LogP contribution is -2.54. The second-order valence-electron chi connectivity index (χ2n) is 27.3. The summed E-state index contributed by atoms with van der Waals surface area (Å²) in [4.78, 5) is 52.2. The maximum Gasteiger partial charge on any atom is 0.411 e. The molecule has 0 spiro atoms. The second-order valence-corrected chi connectivity index (χ2v) is 27.3. The molecule has 0 aromatic heterocycles. The molecular weight excluding hydrogens is 1210 g/mol. The molecule has 6 aliphatic carbocycles. The molecule has 6 aliphatic rings. The molecule has 9 aromatic carbocycles. The maximum atomic E-state index is 14.8. The third-order valence-electron chi connectivity index (χ3n) is 21.1. The molecule has 0 aliphatic heterocycles. The summed E-state index contributed by atoms with van der Waals surface area (Å²) in [6, 6.07) is 38.2. The van der Waals surface area contributed by atoms with E-state index in [0.29, 0.717) is 41.1 Å². The van der Waals surface area contributed by atoms with E-state index in [4.69, 9.17) is 0 Å². The number of aryl methyl sites for hydroxylation is 4. The minimum Gasteiger partial charge on any atom is -0.355 e. The number of rotatable bonds is 8. The maximum absolute atomic E-state index is 14.8. The topological polar surface area (TPSA) is 116 Å². The van der Waals surface area contributed by atoms with Gasteiger partial charge in [-0.25, -0.2) is 0 Å². The minimum absolute atomic E-state index is 0.00330. The lowest BCUT2D eigenvalue weighted by molar-refractivity contribution is -0.288. The van der Waals surface area contributed by atoms with Gasteiger partial charge in [0.25, 0.3) is 23.6 Å². The molecule has 4 unspecified atom stereocenters. The van der Waals surface area contributed by atoms with Crippen LogP contribution in [0, 0.1) is 69.2 Å². The van der Waals surface area contributed by atoms with E-state index in [0.717, 1.165) is 68.9 Å². The van der Waals surface area contributed by atoms with Crippen molar-refractivity contribution >= 4 is 35.0 Å². The van der Waals surface area contributed by atoms with Gasteiger partial charge < -0.3 is 21.3 Å². The van der Waals surface area contributed by atoms with Crippen LogP contribution in [-0.2, 0) is 10.8 Å². The normalized spacial score (nSPS) is 16.2. The van der Waals surface area contributed by atoms with Crippen LogP contribution in [-0.4, -0.2) is 50.1 Å². The number of hydrogen-bond donors (Lipinski definition) is 4. The first kappa shape index (κ1) is 65.5. The van der Waals surface area contributed by atoms with Gasteiger partial charge in [-0.1, -0.05) is 118 Å². The number of benzene rings is 9. The van der Waals surface area contributed by atoms with Crippen molar-refractivity contribution in [2.24, 2.45) is 0 Å². The van der Waals surface area contributed by atoms with Crippen molar-refractivity contribution in [1.82, 2.24) is 10.6 Å². The van der Waals surface area contributed by atoms with Crippen LogP contribution >= 0.6 is 0 Å². The highest BCUT2D eigenvalue weighted by Crippen LogP contribution is 2.62. The van der Waals surface area contributed by atoms with Crippen LogP contribution in [0.5, 0.6) is 0 Å². The summed E-state index contributed by atoms with van der Waals surface area (Å²) in [6.07, 6.45) is -11.7. The number of carbonyl (C=O) groups excluding carboxylic acids is 4. The van der Waals surface area contributed by atoms with Crippen molar-refractivity contribution in [3.05, 3.63) is 301 Å². The zero-order valence-electron chi connectivity index (χ0n) is 56.0. The van der Waals surface area contributed by atoms with E-state index in [9.17, 15) is 45.5 Å². The molecule has 486 valence electrons. The highest BCUT2D eigenvalue weighted by Gasteiger charge is 2.72. The molecule has 15 rings (SSSR count). The SMILES string of the molecule is CNC(=O)c1cc(C(=O)Nc2c(C)cc3c(c2C)C2c4ccccc4C3c3cc(C)c(C)c(C)c32)cc(C(C)(C)C)c1.CNC(=O)c1ccc(C(c2ccc(C(=O)Nc3c(C)cc4c(c3C)C3c5ccccc5C4c4cc(C)c(C)c(C)c43)cc2)(C(F)(F)F)C(F)(F)F)cc1. The highest BCUT2D eigenvalue weighted by molar-refractivity contribution is 6.08. The molecule has 95 heavy (non-hydrogen) atoms. The molecule has 0 saturated heterocycles. The quantitative estimate of drug-likeness (QED) is 0.113. The van der Waals surface area contributed by atoms with Gasteiger partial charge in [0.05, 0.1) is 0 Å². The Kier molecular flexibility index (Phi) is 16.1. The van der Waals surface area contributed by atoms with Gasteiger partial charge in [-0.2, -0.15) is 26.3 Å². The standard InChI is InChI=1S/C43H36F6N2O2.C38H40N2O2/c1-21-19-32-34(24(4)23(21)3)37-31-10-8-7-9-30(31)36(32)33-20-22(2)38(25(5)35(33)37)51-40(53)27-13-17-29(18-14-27)41(42(44,45)46,43(47,48)49)28-15-11-26(12-16-28)39(52)50-6;1-19-14-29-31(22(4)21(19)3)34-28-13-11-10-12-27(28)33(29)30-15-20(2)35(23(5)32(30)34)40-37(42)25-16-24(36(41)39-9)17-26(18-25)38(6,7)8/h7-20,36-37H,1-6H3,(H,50,52)(H,51,53);10-18,33-34H,1-9H3,(H,39,41)(H,40,42). The van der Waals surface area contributed by atoms with Crippen LogP contribution in [0.15, 0.2) is 140 Å². The number of alkyl halides is 6. The molecular formula is C81H76F6N4O4. The summed E-state index contributed by atoms with van der Waals surface area (Å²) in [7, 11) is 2.91. The fraction of sp³-hybridized carbons (Fsp3) is 0.284. The largest absolute Gasteiger partial charge is 0.411 e. The number of anilines is 2. The van der Waals surface area contributed by atoms with Crippen LogP contribution in [0.4, 0.5) is 37.7 Å². The molecule has 0 saturated carbocycles. The van der Waals surface area contributed by atoms with Crippen molar-refractivity contribution in [2.75, 3.05) is 24.7 Å². The van der Waals surface area contributed by atoms with Crippen molar-refractivity contribution in [2.45, 2.75) is 137 Å². The van der Waals surface area contributed by atoms with E-state index in [1.807, 2.05) is 38.1 Å².